The maximum absolute atomic E-state index is 3.30. The summed E-state index contributed by atoms with van der Waals surface area (Å²) in [7, 11) is 6.06. The van der Waals surface area contributed by atoms with Crippen molar-refractivity contribution in [3.8, 4) is 0 Å². The molecule has 4 heteroatoms. The first-order valence-electron chi connectivity index (χ1n) is 6.27. The maximum atomic E-state index is 3.30. The Balaban J connectivity index is 4.15. The predicted molar refractivity (Wildman–Crippen MR) is 72.0 cm³/mol. The predicted octanol–water partition coefficient (Wildman–Crippen LogP) is 0.112. The van der Waals surface area contributed by atoms with Gasteiger partial charge in [0.25, 0.3) is 0 Å². The molecule has 0 saturated heterocycles. The van der Waals surface area contributed by atoms with Crippen molar-refractivity contribution >= 4 is 0 Å². The SMILES string of the molecule is CNC(C)CN(CC(C)NC)CC(C)NC. The van der Waals surface area contributed by atoms with E-state index in [9.17, 15) is 0 Å². The Kier molecular flexibility index (Phi) is 8.84. The first-order chi connectivity index (χ1) is 7.53. The molecule has 0 heterocycles. The molecule has 3 N–H and O–H groups in total. The lowest BCUT2D eigenvalue weighted by Crippen LogP contribution is -2.47. The zero-order chi connectivity index (χ0) is 12.6. The van der Waals surface area contributed by atoms with Crippen LogP contribution in [-0.2, 0) is 0 Å². The van der Waals surface area contributed by atoms with Gasteiger partial charge in [0, 0.05) is 37.8 Å². The number of nitrogens with one attached hydrogen (secondary N) is 3. The highest BCUT2D eigenvalue weighted by molar-refractivity contribution is 4.74. The van der Waals surface area contributed by atoms with Gasteiger partial charge in [0.15, 0.2) is 0 Å². The van der Waals surface area contributed by atoms with Gasteiger partial charge in [-0.05, 0) is 41.9 Å². The fourth-order valence-electron chi connectivity index (χ4n) is 1.66. The van der Waals surface area contributed by atoms with Crippen molar-refractivity contribution in [1.29, 1.82) is 0 Å². The van der Waals surface area contributed by atoms with E-state index < -0.39 is 0 Å². The van der Waals surface area contributed by atoms with Gasteiger partial charge < -0.3 is 16.0 Å². The van der Waals surface area contributed by atoms with Crippen LogP contribution in [0.5, 0.6) is 0 Å². The number of nitrogens with zero attached hydrogens (tertiary/aromatic N) is 1. The Morgan fingerprint density at radius 1 is 0.688 bits per heavy atom. The Bertz CT molecular complexity index is 135. The average Bonchev–Trinajstić information content (AvgIpc) is 2.28. The second-order valence-corrected chi connectivity index (χ2v) is 4.79. The van der Waals surface area contributed by atoms with E-state index in [1.165, 1.54) is 0 Å². The molecule has 0 spiro atoms. The Morgan fingerprint density at radius 2 is 0.938 bits per heavy atom. The minimum atomic E-state index is 0.535. The summed E-state index contributed by atoms with van der Waals surface area (Å²) in [5.74, 6) is 0. The van der Waals surface area contributed by atoms with Crippen molar-refractivity contribution < 1.29 is 0 Å². The number of hydrogen-bond donors (Lipinski definition) is 3. The van der Waals surface area contributed by atoms with Crippen LogP contribution >= 0.6 is 0 Å². The van der Waals surface area contributed by atoms with E-state index in [0.29, 0.717) is 18.1 Å². The van der Waals surface area contributed by atoms with E-state index in [1.54, 1.807) is 0 Å². The number of likely N-dealkylation sites (N-methyl/N-ethyl adjacent to an activating group) is 3. The third-order valence-electron chi connectivity index (χ3n) is 3.07. The average molecular weight is 230 g/mol. The van der Waals surface area contributed by atoms with Crippen LogP contribution in [0.1, 0.15) is 20.8 Å². The largest absolute Gasteiger partial charge is 0.316 e. The maximum Gasteiger partial charge on any atom is 0.0163 e. The van der Waals surface area contributed by atoms with Gasteiger partial charge in [0.05, 0.1) is 0 Å². The van der Waals surface area contributed by atoms with Crippen molar-refractivity contribution in [3.63, 3.8) is 0 Å². The van der Waals surface area contributed by atoms with E-state index in [0.717, 1.165) is 19.6 Å². The first-order valence-corrected chi connectivity index (χ1v) is 6.27. The summed E-state index contributed by atoms with van der Waals surface area (Å²) in [5, 5.41) is 9.89. The van der Waals surface area contributed by atoms with Crippen molar-refractivity contribution in [3.05, 3.63) is 0 Å². The quantitative estimate of drug-likeness (QED) is 0.526. The fourth-order valence-corrected chi connectivity index (χ4v) is 1.66. The molecule has 0 bridgehead atoms. The van der Waals surface area contributed by atoms with Crippen molar-refractivity contribution in [2.75, 3.05) is 40.8 Å². The lowest BCUT2D eigenvalue weighted by molar-refractivity contribution is 0.215. The molecular weight excluding hydrogens is 200 g/mol. The van der Waals surface area contributed by atoms with Crippen LogP contribution in [0.2, 0.25) is 0 Å². The highest BCUT2D eigenvalue weighted by Gasteiger charge is 2.14. The molecule has 0 aromatic rings. The third-order valence-corrected chi connectivity index (χ3v) is 3.07. The molecular formula is C12H30N4. The molecule has 0 aromatic heterocycles. The van der Waals surface area contributed by atoms with Crippen molar-refractivity contribution in [2.45, 2.75) is 38.9 Å². The molecule has 0 fully saturated rings. The van der Waals surface area contributed by atoms with E-state index >= 15 is 0 Å². The van der Waals surface area contributed by atoms with E-state index in [2.05, 4.69) is 41.6 Å². The molecule has 0 aliphatic carbocycles. The second-order valence-electron chi connectivity index (χ2n) is 4.79. The van der Waals surface area contributed by atoms with Gasteiger partial charge in [-0.25, -0.2) is 0 Å². The molecule has 16 heavy (non-hydrogen) atoms. The normalized spacial score (nSPS) is 17.4. The standard InChI is InChI=1S/C12H30N4/c1-10(13-4)7-16(8-11(2)14-5)9-12(3)15-6/h10-15H,7-9H2,1-6H3. The topological polar surface area (TPSA) is 39.3 Å². The number of hydrogen-bond acceptors (Lipinski definition) is 4. The molecule has 3 unspecified atom stereocenters. The van der Waals surface area contributed by atoms with Crippen molar-refractivity contribution in [2.24, 2.45) is 0 Å². The van der Waals surface area contributed by atoms with Crippen LogP contribution in [0.15, 0.2) is 0 Å². The molecule has 0 radical (unpaired) electrons. The summed E-state index contributed by atoms with van der Waals surface area (Å²) in [5.41, 5.74) is 0. The van der Waals surface area contributed by atoms with Crippen LogP contribution in [-0.4, -0.2) is 63.8 Å². The zero-order valence-corrected chi connectivity index (χ0v) is 11.8. The molecule has 0 saturated carbocycles. The van der Waals surface area contributed by atoms with Gasteiger partial charge >= 0.3 is 0 Å². The highest BCUT2D eigenvalue weighted by atomic mass is 15.2. The van der Waals surface area contributed by atoms with Crippen LogP contribution < -0.4 is 16.0 Å². The smallest absolute Gasteiger partial charge is 0.0163 e. The van der Waals surface area contributed by atoms with Gasteiger partial charge in [-0.2, -0.15) is 0 Å². The Hall–Kier alpha value is -0.160. The summed E-state index contributed by atoms with van der Waals surface area (Å²) >= 11 is 0. The van der Waals surface area contributed by atoms with Crippen LogP contribution in [0.25, 0.3) is 0 Å². The third kappa shape index (κ3) is 7.17. The highest BCUT2D eigenvalue weighted by Crippen LogP contribution is 1.97. The minimum Gasteiger partial charge on any atom is -0.316 e. The van der Waals surface area contributed by atoms with Crippen LogP contribution in [0.4, 0.5) is 0 Å². The van der Waals surface area contributed by atoms with E-state index in [4.69, 9.17) is 0 Å². The fraction of sp³-hybridized carbons (Fsp3) is 1.00. The van der Waals surface area contributed by atoms with E-state index in [-0.39, 0.29) is 0 Å². The van der Waals surface area contributed by atoms with Crippen LogP contribution in [0, 0.1) is 0 Å². The monoisotopic (exact) mass is 230 g/mol. The molecule has 0 amide bonds. The lowest BCUT2D eigenvalue weighted by atomic mass is 10.2. The summed E-state index contributed by atoms with van der Waals surface area (Å²) in [6, 6.07) is 1.61. The first kappa shape index (κ1) is 15.8. The molecule has 4 nitrogen and oxygen atoms in total. The summed E-state index contributed by atoms with van der Waals surface area (Å²) in [6.07, 6.45) is 0. The Morgan fingerprint density at radius 3 is 1.12 bits per heavy atom. The molecule has 0 rings (SSSR count). The van der Waals surface area contributed by atoms with Gasteiger partial charge in [0.1, 0.15) is 0 Å². The van der Waals surface area contributed by atoms with Gasteiger partial charge in [-0.15, -0.1) is 0 Å². The van der Waals surface area contributed by atoms with Crippen molar-refractivity contribution in [1.82, 2.24) is 20.9 Å². The zero-order valence-electron chi connectivity index (χ0n) is 11.8. The van der Waals surface area contributed by atoms with Gasteiger partial charge in [0.2, 0.25) is 0 Å². The van der Waals surface area contributed by atoms with Crippen LogP contribution in [0.3, 0.4) is 0 Å². The second kappa shape index (κ2) is 8.93. The Labute approximate surface area is 101 Å². The number of rotatable bonds is 9. The molecule has 98 valence electrons. The lowest BCUT2D eigenvalue weighted by Gasteiger charge is -2.30. The van der Waals surface area contributed by atoms with Gasteiger partial charge in [-0.1, -0.05) is 0 Å². The minimum absolute atomic E-state index is 0.535. The van der Waals surface area contributed by atoms with E-state index in [1.807, 2.05) is 21.1 Å². The summed E-state index contributed by atoms with van der Waals surface area (Å²) in [4.78, 5) is 2.50. The van der Waals surface area contributed by atoms with Gasteiger partial charge in [-0.3, -0.25) is 4.90 Å². The molecule has 0 aliphatic heterocycles. The summed E-state index contributed by atoms with van der Waals surface area (Å²) in [6.45, 7) is 9.95. The molecule has 0 aromatic carbocycles. The molecule has 3 atom stereocenters. The molecule has 0 aliphatic rings. The summed E-state index contributed by atoms with van der Waals surface area (Å²) < 4.78 is 0.